The fourth-order valence-corrected chi connectivity index (χ4v) is 4.16. The Morgan fingerprint density at radius 1 is 1.29 bits per heavy atom. The Labute approximate surface area is 129 Å². The fraction of sp³-hybridized carbons (Fsp3) is 0.684. The fourth-order valence-electron chi connectivity index (χ4n) is 4.16. The van der Waals surface area contributed by atoms with Crippen molar-refractivity contribution in [2.24, 2.45) is 5.92 Å². The minimum atomic E-state index is 0.302. The average Bonchev–Trinajstić information content (AvgIpc) is 3.28. The lowest BCUT2D eigenvalue weighted by molar-refractivity contribution is 0.172. The SMILES string of the molecule is CCCC(C)(NC1CC1c1ccccc1)C1CCCNC1. The van der Waals surface area contributed by atoms with Gasteiger partial charge in [-0.2, -0.15) is 0 Å². The highest BCUT2D eigenvalue weighted by atomic mass is 15.1. The van der Waals surface area contributed by atoms with E-state index < -0.39 is 0 Å². The third kappa shape index (κ3) is 3.49. The summed E-state index contributed by atoms with van der Waals surface area (Å²) in [5, 5.41) is 7.64. The standard InChI is InChI=1S/C19H30N2/c1-3-11-19(2,16-10-7-12-20-14-16)21-18-13-17(18)15-8-5-4-6-9-15/h4-6,8-9,16-18,20-21H,3,7,10-14H2,1-2H3. The molecule has 2 aliphatic rings. The number of rotatable bonds is 6. The van der Waals surface area contributed by atoms with Gasteiger partial charge in [-0.25, -0.2) is 0 Å². The first-order chi connectivity index (χ1) is 10.2. The van der Waals surface area contributed by atoms with Crippen LogP contribution in [0, 0.1) is 5.92 Å². The van der Waals surface area contributed by atoms with Crippen LogP contribution >= 0.6 is 0 Å². The quantitative estimate of drug-likeness (QED) is 0.833. The van der Waals surface area contributed by atoms with E-state index in [1.807, 2.05) is 0 Å². The molecule has 1 saturated heterocycles. The molecule has 0 radical (unpaired) electrons. The Kier molecular flexibility index (Phi) is 4.66. The van der Waals surface area contributed by atoms with E-state index >= 15 is 0 Å². The van der Waals surface area contributed by atoms with Crippen LogP contribution in [-0.2, 0) is 0 Å². The number of nitrogens with one attached hydrogen (secondary N) is 2. The number of hydrogen-bond donors (Lipinski definition) is 2. The highest BCUT2D eigenvalue weighted by Gasteiger charge is 2.44. The van der Waals surface area contributed by atoms with Crippen LogP contribution in [0.2, 0.25) is 0 Å². The van der Waals surface area contributed by atoms with Gasteiger partial charge >= 0.3 is 0 Å². The van der Waals surface area contributed by atoms with Gasteiger partial charge in [0, 0.05) is 17.5 Å². The van der Waals surface area contributed by atoms with Crippen LogP contribution in [0.15, 0.2) is 30.3 Å². The van der Waals surface area contributed by atoms with Crippen molar-refractivity contribution in [3.63, 3.8) is 0 Å². The largest absolute Gasteiger partial charge is 0.316 e. The molecule has 21 heavy (non-hydrogen) atoms. The van der Waals surface area contributed by atoms with Crippen LogP contribution in [0.1, 0.15) is 57.4 Å². The van der Waals surface area contributed by atoms with Gasteiger partial charge in [0.1, 0.15) is 0 Å². The molecule has 2 heteroatoms. The molecule has 2 N–H and O–H groups in total. The Morgan fingerprint density at radius 3 is 2.76 bits per heavy atom. The topological polar surface area (TPSA) is 24.1 Å². The summed E-state index contributed by atoms with van der Waals surface area (Å²) < 4.78 is 0. The maximum Gasteiger partial charge on any atom is 0.0196 e. The smallest absolute Gasteiger partial charge is 0.0196 e. The average molecular weight is 286 g/mol. The Bertz CT molecular complexity index is 438. The molecule has 2 nitrogen and oxygen atoms in total. The zero-order valence-corrected chi connectivity index (χ0v) is 13.6. The van der Waals surface area contributed by atoms with Crippen LogP contribution in [0.4, 0.5) is 0 Å². The highest BCUT2D eigenvalue weighted by Crippen LogP contribution is 2.43. The lowest BCUT2D eigenvalue weighted by atomic mass is 9.77. The minimum absolute atomic E-state index is 0.302. The molecule has 4 atom stereocenters. The van der Waals surface area contributed by atoms with E-state index in [9.17, 15) is 0 Å². The third-order valence-corrected chi connectivity index (χ3v) is 5.50. The predicted octanol–water partition coefficient (Wildman–Crippen LogP) is 3.69. The van der Waals surface area contributed by atoms with Gasteiger partial charge in [-0.1, -0.05) is 43.7 Å². The molecule has 1 heterocycles. The molecule has 1 aromatic rings. The lowest BCUT2D eigenvalue weighted by Crippen LogP contribution is -2.54. The molecular formula is C19H30N2. The van der Waals surface area contributed by atoms with Crippen molar-refractivity contribution in [2.75, 3.05) is 13.1 Å². The number of piperidine rings is 1. The van der Waals surface area contributed by atoms with Crippen LogP contribution in [0.5, 0.6) is 0 Å². The maximum absolute atomic E-state index is 4.05. The van der Waals surface area contributed by atoms with Gasteiger partial charge in [-0.05, 0) is 57.2 Å². The minimum Gasteiger partial charge on any atom is -0.316 e. The van der Waals surface area contributed by atoms with E-state index in [0.717, 1.165) is 11.8 Å². The Hall–Kier alpha value is -0.860. The second kappa shape index (κ2) is 6.50. The molecule has 0 aromatic heterocycles. The summed E-state index contributed by atoms with van der Waals surface area (Å²) >= 11 is 0. The van der Waals surface area contributed by atoms with E-state index in [1.54, 1.807) is 0 Å². The van der Waals surface area contributed by atoms with Crippen molar-refractivity contribution in [3.05, 3.63) is 35.9 Å². The van der Waals surface area contributed by atoms with E-state index in [2.05, 4.69) is 54.8 Å². The molecule has 0 amide bonds. The zero-order chi connectivity index (χ0) is 14.7. The molecule has 4 unspecified atom stereocenters. The summed E-state index contributed by atoms with van der Waals surface area (Å²) in [6, 6.07) is 11.7. The molecule has 0 bridgehead atoms. The van der Waals surface area contributed by atoms with Crippen LogP contribution in [-0.4, -0.2) is 24.7 Å². The molecule has 1 saturated carbocycles. The van der Waals surface area contributed by atoms with Crippen molar-refractivity contribution in [1.82, 2.24) is 10.6 Å². The normalized spacial score (nSPS) is 31.6. The molecule has 116 valence electrons. The van der Waals surface area contributed by atoms with Gasteiger partial charge in [0.05, 0.1) is 0 Å². The lowest BCUT2D eigenvalue weighted by Gasteiger charge is -2.41. The first-order valence-electron chi connectivity index (χ1n) is 8.76. The summed E-state index contributed by atoms with van der Waals surface area (Å²) in [7, 11) is 0. The summed E-state index contributed by atoms with van der Waals surface area (Å²) in [4.78, 5) is 0. The summed E-state index contributed by atoms with van der Waals surface area (Å²) in [6.07, 6.45) is 6.57. The van der Waals surface area contributed by atoms with Crippen molar-refractivity contribution in [1.29, 1.82) is 0 Å². The number of hydrogen-bond acceptors (Lipinski definition) is 2. The van der Waals surface area contributed by atoms with Gasteiger partial charge in [0.25, 0.3) is 0 Å². The second-order valence-electron chi connectivity index (χ2n) is 7.21. The van der Waals surface area contributed by atoms with Crippen LogP contribution < -0.4 is 10.6 Å². The Balaban J connectivity index is 1.63. The number of benzene rings is 1. The van der Waals surface area contributed by atoms with Gasteiger partial charge in [0.15, 0.2) is 0 Å². The molecule has 1 aliphatic carbocycles. The van der Waals surface area contributed by atoms with E-state index in [1.165, 1.54) is 50.8 Å². The summed E-state index contributed by atoms with van der Waals surface area (Å²) in [6.45, 7) is 7.17. The van der Waals surface area contributed by atoms with Crippen molar-refractivity contribution in [3.8, 4) is 0 Å². The first kappa shape index (κ1) is 15.1. The second-order valence-corrected chi connectivity index (χ2v) is 7.21. The molecule has 0 spiro atoms. The van der Waals surface area contributed by atoms with Gasteiger partial charge in [-0.15, -0.1) is 0 Å². The van der Waals surface area contributed by atoms with Crippen LogP contribution in [0.25, 0.3) is 0 Å². The predicted molar refractivity (Wildman–Crippen MR) is 89.6 cm³/mol. The maximum atomic E-state index is 4.05. The summed E-state index contributed by atoms with van der Waals surface area (Å²) in [5.41, 5.74) is 1.81. The van der Waals surface area contributed by atoms with E-state index in [-0.39, 0.29) is 0 Å². The third-order valence-electron chi connectivity index (χ3n) is 5.50. The van der Waals surface area contributed by atoms with Gasteiger partial charge < -0.3 is 10.6 Å². The van der Waals surface area contributed by atoms with E-state index in [0.29, 0.717) is 11.6 Å². The first-order valence-corrected chi connectivity index (χ1v) is 8.76. The molecule has 2 fully saturated rings. The van der Waals surface area contributed by atoms with Crippen molar-refractivity contribution < 1.29 is 0 Å². The van der Waals surface area contributed by atoms with Gasteiger partial charge in [0.2, 0.25) is 0 Å². The molecule has 1 aliphatic heterocycles. The van der Waals surface area contributed by atoms with E-state index in [4.69, 9.17) is 0 Å². The molecule has 1 aromatic carbocycles. The summed E-state index contributed by atoms with van der Waals surface area (Å²) in [5.74, 6) is 1.52. The zero-order valence-electron chi connectivity index (χ0n) is 13.6. The molecular weight excluding hydrogens is 256 g/mol. The van der Waals surface area contributed by atoms with Crippen molar-refractivity contribution >= 4 is 0 Å². The molecule has 3 rings (SSSR count). The van der Waals surface area contributed by atoms with Crippen molar-refractivity contribution in [2.45, 2.75) is 63.5 Å². The Morgan fingerprint density at radius 2 is 2.10 bits per heavy atom. The highest BCUT2D eigenvalue weighted by molar-refractivity contribution is 5.28. The van der Waals surface area contributed by atoms with Crippen LogP contribution in [0.3, 0.4) is 0 Å². The monoisotopic (exact) mass is 286 g/mol. The van der Waals surface area contributed by atoms with Gasteiger partial charge in [-0.3, -0.25) is 0 Å².